The van der Waals surface area contributed by atoms with Gasteiger partial charge in [-0.3, -0.25) is 0 Å². The number of nitrogens with zero attached hydrogens (tertiary/aromatic N) is 2. The summed E-state index contributed by atoms with van der Waals surface area (Å²) in [4.78, 5) is 4.08. The second-order valence-electron chi connectivity index (χ2n) is 4.07. The zero-order chi connectivity index (χ0) is 11.4. The molecule has 1 saturated carbocycles. The summed E-state index contributed by atoms with van der Waals surface area (Å²) in [6.45, 7) is 0. The highest BCUT2D eigenvalue weighted by atomic mass is 16.5. The number of nitrogens with two attached hydrogens (primary N) is 1. The van der Waals surface area contributed by atoms with Crippen LogP contribution >= 0.6 is 0 Å². The van der Waals surface area contributed by atoms with E-state index in [0.717, 1.165) is 12.8 Å². The molecule has 1 aliphatic carbocycles. The normalized spacial score (nSPS) is 16.7. The molecule has 1 fully saturated rings. The van der Waals surface area contributed by atoms with Gasteiger partial charge in [0.1, 0.15) is 17.9 Å². The number of aromatic nitrogens is 1. The third-order valence-corrected chi connectivity index (χ3v) is 2.90. The van der Waals surface area contributed by atoms with E-state index in [2.05, 4.69) is 4.98 Å². The number of pyridine rings is 1. The Morgan fingerprint density at radius 2 is 2.12 bits per heavy atom. The van der Waals surface area contributed by atoms with Crippen molar-refractivity contribution in [2.75, 3.05) is 5.73 Å². The number of nitrogen functional groups attached to an aromatic ring is 1. The Balaban J connectivity index is 2.12. The highest BCUT2D eigenvalue weighted by Crippen LogP contribution is 2.27. The monoisotopic (exact) mass is 217 g/mol. The van der Waals surface area contributed by atoms with Gasteiger partial charge < -0.3 is 10.5 Å². The summed E-state index contributed by atoms with van der Waals surface area (Å²) in [5.74, 6) is 0.408. The Hall–Kier alpha value is -1.76. The molecule has 2 rings (SSSR count). The van der Waals surface area contributed by atoms with Crippen molar-refractivity contribution in [2.24, 2.45) is 0 Å². The minimum absolute atomic E-state index is 0.206. The molecule has 0 spiro atoms. The highest BCUT2D eigenvalue weighted by molar-refractivity contribution is 5.59. The van der Waals surface area contributed by atoms with Gasteiger partial charge in [-0.1, -0.05) is 6.42 Å². The molecule has 0 saturated heterocycles. The van der Waals surface area contributed by atoms with Crippen LogP contribution in [0.1, 0.15) is 37.7 Å². The number of nitriles is 1. The van der Waals surface area contributed by atoms with Crippen LogP contribution in [-0.2, 0) is 0 Å². The van der Waals surface area contributed by atoms with E-state index in [9.17, 15) is 0 Å². The number of hydrogen-bond donors (Lipinski definition) is 1. The van der Waals surface area contributed by atoms with Gasteiger partial charge in [0.15, 0.2) is 0 Å². The van der Waals surface area contributed by atoms with E-state index in [4.69, 9.17) is 15.7 Å². The molecule has 4 nitrogen and oxygen atoms in total. The third kappa shape index (κ3) is 2.25. The van der Waals surface area contributed by atoms with E-state index in [1.54, 1.807) is 12.3 Å². The Bertz CT molecular complexity index is 405. The van der Waals surface area contributed by atoms with Crippen LogP contribution in [0.15, 0.2) is 12.3 Å². The first-order valence-electron chi connectivity index (χ1n) is 5.62. The van der Waals surface area contributed by atoms with Crippen molar-refractivity contribution in [1.29, 1.82) is 5.26 Å². The summed E-state index contributed by atoms with van der Waals surface area (Å²) in [6.07, 6.45) is 7.55. The standard InChI is InChI=1S/C12H15N3O/c13-8-9-6-7-15-12(11(9)14)16-10-4-2-1-3-5-10/h6-7,10H,1-5,14H2. The average molecular weight is 217 g/mol. The quantitative estimate of drug-likeness (QED) is 0.824. The predicted octanol–water partition coefficient (Wildman–Crippen LogP) is 2.25. The van der Waals surface area contributed by atoms with Crippen molar-refractivity contribution in [1.82, 2.24) is 4.98 Å². The van der Waals surface area contributed by atoms with Crippen LogP contribution in [0.4, 0.5) is 5.69 Å². The maximum Gasteiger partial charge on any atom is 0.238 e. The molecule has 0 bridgehead atoms. The number of ether oxygens (including phenoxy) is 1. The molecule has 1 aliphatic rings. The summed E-state index contributed by atoms with van der Waals surface area (Å²) in [7, 11) is 0. The largest absolute Gasteiger partial charge is 0.473 e. The van der Waals surface area contributed by atoms with Gasteiger partial charge in [0, 0.05) is 6.20 Å². The van der Waals surface area contributed by atoms with Crippen molar-refractivity contribution in [3.63, 3.8) is 0 Å². The molecule has 0 radical (unpaired) electrons. The van der Waals surface area contributed by atoms with Gasteiger partial charge in [0.2, 0.25) is 5.88 Å². The maximum absolute atomic E-state index is 8.84. The third-order valence-electron chi connectivity index (χ3n) is 2.90. The zero-order valence-electron chi connectivity index (χ0n) is 9.15. The van der Waals surface area contributed by atoms with Crippen LogP contribution < -0.4 is 10.5 Å². The lowest BCUT2D eigenvalue weighted by Gasteiger charge is -2.22. The van der Waals surface area contributed by atoms with Crippen molar-refractivity contribution in [3.05, 3.63) is 17.8 Å². The molecule has 1 heterocycles. The van der Waals surface area contributed by atoms with E-state index in [-0.39, 0.29) is 6.10 Å². The lowest BCUT2D eigenvalue weighted by atomic mass is 9.98. The van der Waals surface area contributed by atoms with Gasteiger partial charge in [-0.05, 0) is 31.7 Å². The Morgan fingerprint density at radius 3 is 2.81 bits per heavy atom. The van der Waals surface area contributed by atoms with Gasteiger partial charge in [-0.15, -0.1) is 0 Å². The molecule has 0 aromatic carbocycles. The smallest absolute Gasteiger partial charge is 0.238 e. The molecule has 2 N–H and O–H groups in total. The van der Waals surface area contributed by atoms with Gasteiger partial charge in [0.05, 0.1) is 5.56 Å². The van der Waals surface area contributed by atoms with E-state index < -0.39 is 0 Å². The molecular weight excluding hydrogens is 202 g/mol. The summed E-state index contributed by atoms with van der Waals surface area (Å²) >= 11 is 0. The fourth-order valence-electron chi connectivity index (χ4n) is 1.99. The summed E-state index contributed by atoms with van der Waals surface area (Å²) in [5.41, 5.74) is 6.59. The highest BCUT2D eigenvalue weighted by Gasteiger charge is 2.17. The molecule has 1 aromatic heterocycles. The van der Waals surface area contributed by atoms with E-state index in [1.807, 2.05) is 6.07 Å². The summed E-state index contributed by atoms with van der Waals surface area (Å²) < 4.78 is 5.74. The van der Waals surface area contributed by atoms with Crippen molar-refractivity contribution in [3.8, 4) is 11.9 Å². The number of hydrogen-bond acceptors (Lipinski definition) is 4. The van der Waals surface area contributed by atoms with E-state index in [0.29, 0.717) is 17.1 Å². The minimum Gasteiger partial charge on any atom is -0.473 e. The SMILES string of the molecule is N#Cc1ccnc(OC2CCCCC2)c1N. The second kappa shape index (κ2) is 4.84. The number of rotatable bonds is 2. The Morgan fingerprint density at radius 1 is 1.38 bits per heavy atom. The van der Waals surface area contributed by atoms with E-state index in [1.165, 1.54) is 19.3 Å². The van der Waals surface area contributed by atoms with Crippen LogP contribution in [0.2, 0.25) is 0 Å². The van der Waals surface area contributed by atoms with Crippen LogP contribution in [-0.4, -0.2) is 11.1 Å². The zero-order valence-corrected chi connectivity index (χ0v) is 9.15. The van der Waals surface area contributed by atoms with Crippen LogP contribution in [0.3, 0.4) is 0 Å². The predicted molar refractivity (Wildman–Crippen MR) is 60.9 cm³/mol. The molecule has 84 valence electrons. The van der Waals surface area contributed by atoms with Gasteiger partial charge in [0.25, 0.3) is 0 Å². The fourth-order valence-corrected chi connectivity index (χ4v) is 1.99. The minimum atomic E-state index is 0.206. The second-order valence-corrected chi connectivity index (χ2v) is 4.07. The van der Waals surface area contributed by atoms with Gasteiger partial charge in [-0.2, -0.15) is 5.26 Å². The lowest BCUT2D eigenvalue weighted by Crippen LogP contribution is -2.20. The number of anilines is 1. The lowest BCUT2D eigenvalue weighted by molar-refractivity contribution is 0.149. The van der Waals surface area contributed by atoms with Crippen LogP contribution in [0.5, 0.6) is 5.88 Å². The molecule has 0 aliphatic heterocycles. The first kappa shape index (κ1) is 10.7. The summed E-state index contributed by atoms with van der Waals surface area (Å²) in [5, 5.41) is 8.84. The molecule has 1 aromatic rings. The average Bonchev–Trinajstić information content (AvgIpc) is 2.33. The van der Waals surface area contributed by atoms with Crippen LogP contribution in [0, 0.1) is 11.3 Å². The first-order valence-corrected chi connectivity index (χ1v) is 5.62. The van der Waals surface area contributed by atoms with Crippen molar-refractivity contribution >= 4 is 5.69 Å². The van der Waals surface area contributed by atoms with Gasteiger partial charge in [-0.25, -0.2) is 4.98 Å². The molecule has 0 atom stereocenters. The summed E-state index contributed by atoms with van der Waals surface area (Å²) in [6, 6.07) is 3.63. The van der Waals surface area contributed by atoms with Crippen molar-refractivity contribution < 1.29 is 4.74 Å². The Kier molecular flexibility index (Phi) is 3.25. The first-order chi connectivity index (χ1) is 7.81. The fraction of sp³-hybridized carbons (Fsp3) is 0.500. The molecular formula is C12H15N3O. The molecule has 0 unspecified atom stereocenters. The maximum atomic E-state index is 8.84. The van der Waals surface area contributed by atoms with E-state index >= 15 is 0 Å². The van der Waals surface area contributed by atoms with Gasteiger partial charge >= 0.3 is 0 Å². The topological polar surface area (TPSA) is 71.9 Å². The molecule has 0 amide bonds. The molecule has 16 heavy (non-hydrogen) atoms. The Labute approximate surface area is 95.0 Å². The van der Waals surface area contributed by atoms with Crippen LogP contribution in [0.25, 0.3) is 0 Å². The molecule has 4 heteroatoms. The van der Waals surface area contributed by atoms with Crippen molar-refractivity contribution in [2.45, 2.75) is 38.2 Å².